The highest BCUT2D eigenvalue weighted by Gasteiger charge is 2.39. The van der Waals surface area contributed by atoms with Gasteiger partial charge < -0.3 is 10.4 Å². The van der Waals surface area contributed by atoms with E-state index in [9.17, 15) is 4.79 Å². The minimum atomic E-state index is -0.759. The molecule has 0 unspecified atom stereocenters. The number of amides is 1. The molecule has 0 bridgehead atoms. The summed E-state index contributed by atoms with van der Waals surface area (Å²) in [5.74, 6) is 0.0893. The van der Waals surface area contributed by atoms with Crippen molar-refractivity contribution in [2.75, 3.05) is 0 Å². The minimum Gasteiger partial charge on any atom is -0.381 e. The summed E-state index contributed by atoms with van der Waals surface area (Å²) in [4.78, 5) is 10.4. The van der Waals surface area contributed by atoms with Gasteiger partial charge in [-0.2, -0.15) is 0 Å². The van der Waals surface area contributed by atoms with Crippen LogP contribution in [0.15, 0.2) is 0 Å². The van der Waals surface area contributed by atoms with Gasteiger partial charge in [-0.1, -0.05) is 13.8 Å². The van der Waals surface area contributed by atoms with Gasteiger partial charge >= 0.3 is 0 Å². The van der Waals surface area contributed by atoms with Crippen LogP contribution in [0.3, 0.4) is 0 Å². The molecule has 0 aliphatic carbocycles. The average molecular weight is 129 g/mol. The third-order valence-corrected chi connectivity index (χ3v) is 1.64. The molecule has 0 aromatic carbocycles. The number of carbonyl (C=O) groups is 1. The van der Waals surface area contributed by atoms with Crippen LogP contribution in [0.5, 0.6) is 0 Å². The number of nitrogens with one attached hydrogen (secondary N) is 1. The lowest BCUT2D eigenvalue weighted by Gasteiger charge is -2.35. The van der Waals surface area contributed by atoms with Crippen LogP contribution >= 0.6 is 0 Å². The van der Waals surface area contributed by atoms with Crippen molar-refractivity contribution in [3.63, 3.8) is 0 Å². The molecule has 3 nitrogen and oxygen atoms in total. The van der Waals surface area contributed by atoms with Gasteiger partial charge in [-0.3, -0.25) is 4.79 Å². The number of carbonyl (C=O) groups excluding carboxylic acids is 1. The van der Waals surface area contributed by atoms with Crippen molar-refractivity contribution < 1.29 is 9.90 Å². The zero-order valence-electron chi connectivity index (χ0n) is 5.59. The molecule has 2 N–H and O–H groups in total. The van der Waals surface area contributed by atoms with Crippen LogP contribution in [0.2, 0.25) is 0 Å². The second-order valence-electron chi connectivity index (χ2n) is 2.72. The highest BCUT2D eigenvalue weighted by atomic mass is 16.3. The van der Waals surface area contributed by atoms with Crippen molar-refractivity contribution in [3.05, 3.63) is 0 Å². The Morgan fingerprint density at radius 3 is 2.33 bits per heavy atom. The molecular weight excluding hydrogens is 118 g/mol. The summed E-state index contributed by atoms with van der Waals surface area (Å²) < 4.78 is 0. The Balaban J connectivity index is 2.42. The van der Waals surface area contributed by atoms with Crippen LogP contribution in [0, 0.1) is 5.92 Å². The Bertz CT molecular complexity index is 133. The number of rotatable bonds is 1. The first-order valence-corrected chi connectivity index (χ1v) is 3.11. The molecular formula is C6H11NO2. The molecule has 1 aliphatic heterocycles. The topological polar surface area (TPSA) is 49.3 Å². The summed E-state index contributed by atoms with van der Waals surface area (Å²) >= 11 is 0. The van der Waals surface area contributed by atoms with Crippen LogP contribution in [0.1, 0.15) is 13.8 Å². The van der Waals surface area contributed by atoms with Crippen molar-refractivity contribution in [1.29, 1.82) is 0 Å². The Hall–Kier alpha value is -0.570. The van der Waals surface area contributed by atoms with Gasteiger partial charge in [0.15, 0.2) is 6.10 Å². The molecule has 0 aromatic heterocycles. The fraction of sp³-hybridized carbons (Fsp3) is 0.833. The zero-order chi connectivity index (χ0) is 7.02. The summed E-state index contributed by atoms with van der Waals surface area (Å²) in [6.07, 6.45) is -0.759. The Morgan fingerprint density at radius 2 is 2.22 bits per heavy atom. The van der Waals surface area contributed by atoms with E-state index in [1.807, 2.05) is 13.8 Å². The maximum atomic E-state index is 10.4. The summed E-state index contributed by atoms with van der Waals surface area (Å²) in [7, 11) is 0. The maximum absolute atomic E-state index is 10.4. The number of hydrogen-bond acceptors (Lipinski definition) is 2. The summed E-state index contributed by atoms with van der Waals surface area (Å²) in [5, 5.41) is 11.5. The van der Waals surface area contributed by atoms with E-state index in [0.717, 1.165) is 0 Å². The fourth-order valence-corrected chi connectivity index (χ4v) is 0.927. The number of hydrogen-bond donors (Lipinski definition) is 2. The van der Waals surface area contributed by atoms with Gasteiger partial charge in [0.2, 0.25) is 0 Å². The van der Waals surface area contributed by atoms with Gasteiger partial charge in [-0.25, -0.2) is 0 Å². The predicted octanol–water partition coefficient (Wildman–Crippen LogP) is -0.498. The lowest BCUT2D eigenvalue weighted by atomic mass is 9.91. The Morgan fingerprint density at radius 1 is 1.67 bits per heavy atom. The van der Waals surface area contributed by atoms with E-state index in [4.69, 9.17) is 5.11 Å². The predicted molar refractivity (Wildman–Crippen MR) is 32.8 cm³/mol. The largest absolute Gasteiger partial charge is 0.381 e. The van der Waals surface area contributed by atoms with Gasteiger partial charge in [0.05, 0.1) is 6.04 Å². The summed E-state index contributed by atoms with van der Waals surface area (Å²) in [5.41, 5.74) is 0. The molecule has 1 fully saturated rings. The molecule has 1 aliphatic rings. The monoisotopic (exact) mass is 129 g/mol. The molecule has 2 atom stereocenters. The van der Waals surface area contributed by atoms with E-state index >= 15 is 0 Å². The van der Waals surface area contributed by atoms with E-state index in [1.54, 1.807) is 0 Å². The SMILES string of the molecule is CC(C)[C@H]1NC(=O)[C@H]1O. The van der Waals surface area contributed by atoms with Gasteiger partial charge in [0, 0.05) is 0 Å². The van der Waals surface area contributed by atoms with E-state index in [-0.39, 0.29) is 11.9 Å². The van der Waals surface area contributed by atoms with Gasteiger partial charge in [-0.05, 0) is 5.92 Å². The number of β-lactam (4-membered cyclic amide) rings is 1. The van der Waals surface area contributed by atoms with Crippen molar-refractivity contribution >= 4 is 5.91 Å². The fourth-order valence-electron chi connectivity index (χ4n) is 0.927. The van der Waals surface area contributed by atoms with Crippen molar-refractivity contribution in [2.45, 2.75) is 26.0 Å². The van der Waals surface area contributed by atoms with Crippen LogP contribution < -0.4 is 5.32 Å². The lowest BCUT2D eigenvalue weighted by Crippen LogP contribution is -2.64. The van der Waals surface area contributed by atoms with Crippen molar-refractivity contribution in [3.8, 4) is 0 Å². The van der Waals surface area contributed by atoms with Crippen molar-refractivity contribution in [2.24, 2.45) is 5.92 Å². The standard InChI is InChI=1S/C6H11NO2/c1-3(2)4-5(8)6(9)7-4/h3-5,8H,1-2H3,(H,7,9)/t4-,5+/m1/s1. The molecule has 1 saturated heterocycles. The van der Waals surface area contributed by atoms with Crippen LogP contribution in [0.4, 0.5) is 0 Å². The van der Waals surface area contributed by atoms with E-state index in [0.29, 0.717) is 5.92 Å². The average Bonchev–Trinajstić information content (AvgIpc) is 1.81. The number of aliphatic hydroxyl groups is 1. The third-order valence-electron chi connectivity index (χ3n) is 1.64. The van der Waals surface area contributed by atoms with Gasteiger partial charge in [-0.15, -0.1) is 0 Å². The molecule has 1 heterocycles. The first-order valence-electron chi connectivity index (χ1n) is 3.11. The summed E-state index contributed by atoms with van der Waals surface area (Å²) in [6, 6.07) is -0.0162. The van der Waals surface area contributed by atoms with E-state index in [1.165, 1.54) is 0 Å². The first-order chi connectivity index (χ1) is 4.13. The summed E-state index contributed by atoms with van der Waals surface area (Å²) in [6.45, 7) is 3.93. The highest BCUT2D eigenvalue weighted by Crippen LogP contribution is 2.14. The minimum absolute atomic E-state index is 0.0162. The smallest absolute Gasteiger partial charge is 0.251 e. The molecule has 0 aromatic rings. The molecule has 9 heavy (non-hydrogen) atoms. The Labute approximate surface area is 54.1 Å². The molecule has 1 amide bonds. The van der Waals surface area contributed by atoms with Gasteiger partial charge in [0.1, 0.15) is 0 Å². The number of aliphatic hydroxyl groups excluding tert-OH is 1. The first kappa shape index (κ1) is 6.55. The van der Waals surface area contributed by atoms with Crippen LogP contribution in [-0.4, -0.2) is 23.2 Å². The molecule has 0 radical (unpaired) electrons. The third kappa shape index (κ3) is 0.920. The quantitative estimate of drug-likeness (QED) is 0.469. The molecule has 0 saturated carbocycles. The lowest BCUT2D eigenvalue weighted by molar-refractivity contribution is -0.144. The van der Waals surface area contributed by atoms with Crippen molar-refractivity contribution in [1.82, 2.24) is 5.32 Å². The molecule has 0 spiro atoms. The van der Waals surface area contributed by atoms with E-state index in [2.05, 4.69) is 5.32 Å². The molecule has 3 heteroatoms. The van der Waals surface area contributed by atoms with E-state index < -0.39 is 6.10 Å². The van der Waals surface area contributed by atoms with Crippen LogP contribution in [0.25, 0.3) is 0 Å². The highest BCUT2D eigenvalue weighted by molar-refractivity contribution is 5.87. The van der Waals surface area contributed by atoms with Crippen LogP contribution in [-0.2, 0) is 4.79 Å². The maximum Gasteiger partial charge on any atom is 0.251 e. The van der Waals surface area contributed by atoms with Gasteiger partial charge in [0.25, 0.3) is 5.91 Å². The normalized spacial score (nSPS) is 34.0. The zero-order valence-corrected chi connectivity index (χ0v) is 5.59. The Kier molecular flexibility index (Phi) is 1.45. The second-order valence-corrected chi connectivity index (χ2v) is 2.72. The second kappa shape index (κ2) is 1.99. The molecule has 52 valence electrons. The molecule has 1 rings (SSSR count).